The molecule has 0 radical (unpaired) electrons. The number of rotatable bonds is 23. The zero-order valence-electron chi connectivity index (χ0n) is 29.4. The monoisotopic (exact) mass is 699 g/mol. The maximum Gasteiger partial charge on any atom is 0.312 e. The van der Waals surface area contributed by atoms with E-state index in [2.05, 4.69) is 21.3 Å². The number of nitrogens with one attached hydrogen (secondary N) is 4. The van der Waals surface area contributed by atoms with Gasteiger partial charge in [0.25, 0.3) is 11.8 Å². The van der Waals surface area contributed by atoms with Crippen molar-refractivity contribution in [3.63, 3.8) is 0 Å². The van der Waals surface area contributed by atoms with Gasteiger partial charge in [0.05, 0.1) is 5.41 Å². The van der Waals surface area contributed by atoms with E-state index in [1.807, 2.05) is 20.8 Å². The molecule has 1 aliphatic rings. The number of urea groups is 1. The van der Waals surface area contributed by atoms with Crippen LogP contribution >= 0.6 is 0 Å². The molecule has 2 atom stereocenters. The number of nitrogens with zero attached hydrogens (tertiary/aromatic N) is 1. The molecule has 0 fully saturated rings. The van der Waals surface area contributed by atoms with Crippen LogP contribution in [0.4, 0.5) is 10.5 Å². The van der Waals surface area contributed by atoms with Crippen LogP contribution in [-0.2, 0) is 40.1 Å². The summed E-state index contributed by atoms with van der Waals surface area (Å²) in [7, 11) is 0. The van der Waals surface area contributed by atoms with Gasteiger partial charge < -0.3 is 37.5 Å². The first-order valence-corrected chi connectivity index (χ1v) is 17.2. The van der Waals surface area contributed by atoms with Crippen LogP contribution in [0.2, 0.25) is 0 Å². The van der Waals surface area contributed by atoms with Crippen LogP contribution in [0.1, 0.15) is 90.5 Å². The average molecular weight is 700 g/mol. The van der Waals surface area contributed by atoms with E-state index in [0.717, 1.165) is 10.5 Å². The number of primary amides is 1. The SMILES string of the molecule is CCC(C)(C)C(=O)OCc1ccc(NC(=O)[C@H](CCCNC(N)=O)NC(=O)[C@H](CCCCN)NC(=O)CCCCCN2C(=O)C=CC2=O)cc1. The summed E-state index contributed by atoms with van der Waals surface area (Å²) in [4.78, 5) is 87.7. The molecule has 0 spiro atoms. The maximum absolute atomic E-state index is 13.5. The highest BCUT2D eigenvalue weighted by Gasteiger charge is 2.28. The predicted octanol–water partition coefficient (Wildman–Crippen LogP) is 2.14. The van der Waals surface area contributed by atoms with Crippen molar-refractivity contribution in [2.45, 2.75) is 104 Å². The van der Waals surface area contributed by atoms with E-state index in [4.69, 9.17) is 16.2 Å². The van der Waals surface area contributed by atoms with Gasteiger partial charge in [-0.1, -0.05) is 25.5 Å². The third-order valence-electron chi connectivity index (χ3n) is 8.41. The quantitative estimate of drug-likeness (QED) is 0.0557. The molecule has 1 aromatic rings. The van der Waals surface area contributed by atoms with E-state index in [0.29, 0.717) is 63.6 Å². The minimum atomic E-state index is -1.01. The fourth-order valence-electron chi connectivity index (χ4n) is 4.87. The summed E-state index contributed by atoms with van der Waals surface area (Å²) < 4.78 is 5.43. The van der Waals surface area contributed by atoms with Crippen molar-refractivity contribution in [3.8, 4) is 0 Å². The Hall–Kier alpha value is -4.79. The summed E-state index contributed by atoms with van der Waals surface area (Å²) >= 11 is 0. The Morgan fingerprint density at radius 3 is 2.10 bits per heavy atom. The largest absolute Gasteiger partial charge is 0.460 e. The van der Waals surface area contributed by atoms with Crippen LogP contribution in [0.25, 0.3) is 0 Å². The van der Waals surface area contributed by atoms with Crippen molar-refractivity contribution in [2.24, 2.45) is 16.9 Å². The molecule has 0 saturated carbocycles. The number of amides is 7. The Morgan fingerprint density at radius 2 is 1.48 bits per heavy atom. The molecule has 0 saturated heterocycles. The van der Waals surface area contributed by atoms with Crippen molar-refractivity contribution in [3.05, 3.63) is 42.0 Å². The zero-order valence-corrected chi connectivity index (χ0v) is 29.4. The van der Waals surface area contributed by atoms with E-state index >= 15 is 0 Å². The number of benzene rings is 1. The number of unbranched alkanes of at least 4 members (excludes halogenated alkanes) is 3. The molecule has 8 N–H and O–H groups in total. The Morgan fingerprint density at radius 1 is 0.840 bits per heavy atom. The third kappa shape index (κ3) is 14.8. The van der Waals surface area contributed by atoms with Gasteiger partial charge in [0.15, 0.2) is 0 Å². The molecule has 50 heavy (non-hydrogen) atoms. The lowest BCUT2D eigenvalue weighted by Gasteiger charge is -2.23. The van der Waals surface area contributed by atoms with Crippen molar-refractivity contribution in [1.29, 1.82) is 0 Å². The highest BCUT2D eigenvalue weighted by atomic mass is 16.5. The van der Waals surface area contributed by atoms with Crippen molar-refractivity contribution >= 4 is 47.2 Å². The molecule has 15 nitrogen and oxygen atoms in total. The second-order valence-electron chi connectivity index (χ2n) is 12.9. The molecule has 0 unspecified atom stereocenters. The molecule has 0 bridgehead atoms. The first kappa shape index (κ1) is 41.4. The van der Waals surface area contributed by atoms with Gasteiger partial charge in [0.2, 0.25) is 17.7 Å². The second kappa shape index (κ2) is 21.3. The molecule has 7 amide bonds. The number of carbonyl (C=O) groups excluding carboxylic acids is 7. The number of carbonyl (C=O) groups is 7. The summed E-state index contributed by atoms with van der Waals surface area (Å²) in [5.41, 5.74) is 11.4. The van der Waals surface area contributed by atoms with E-state index < -0.39 is 35.3 Å². The van der Waals surface area contributed by atoms with Gasteiger partial charge in [-0.15, -0.1) is 0 Å². The number of anilines is 1. The highest BCUT2D eigenvalue weighted by molar-refractivity contribution is 6.12. The van der Waals surface area contributed by atoms with E-state index in [1.54, 1.807) is 24.3 Å². The summed E-state index contributed by atoms with van der Waals surface area (Å²) in [5, 5.41) is 10.8. The summed E-state index contributed by atoms with van der Waals surface area (Å²) in [6.07, 6.45) is 6.86. The van der Waals surface area contributed by atoms with E-state index in [1.165, 1.54) is 12.2 Å². The maximum atomic E-state index is 13.5. The van der Waals surface area contributed by atoms with E-state index in [-0.39, 0.29) is 56.2 Å². The van der Waals surface area contributed by atoms with Gasteiger partial charge >= 0.3 is 12.0 Å². The van der Waals surface area contributed by atoms with Crippen molar-refractivity contribution in [1.82, 2.24) is 20.9 Å². The summed E-state index contributed by atoms with van der Waals surface area (Å²) in [5.74, 6) is -2.38. The molecule has 15 heteroatoms. The first-order chi connectivity index (χ1) is 23.8. The number of hydrogen-bond acceptors (Lipinski definition) is 9. The molecule has 1 aliphatic heterocycles. The molecule has 0 aromatic heterocycles. The third-order valence-corrected chi connectivity index (χ3v) is 8.41. The lowest BCUT2D eigenvalue weighted by molar-refractivity contribution is -0.155. The normalized spacial score (nSPS) is 13.8. The highest BCUT2D eigenvalue weighted by Crippen LogP contribution is 2.22. The Bertz CT molecular complexity index is 1350. The van der Waals surface area contributed by atoms with Crippen LogP contribution in [0.3, 0.4) is 0 Å². The van der Waals surface area contributed by atoms with Gasteiger partial charge in [0.1, 0.15) is 18.7 Å². The van der Waals surface area contributed by atoms with Crippen LogP contribution in [0.5, 0.6) is 0 Å². The zero-order chi connectivity index (χ0) is 37.1. The lowest BCUT2D eigenvalue weighted by atomic mass is 9.91. The molecule has 1 aromatic carbocycles. The number of nitrogens with two attached hydrogens (primary N) is 2. The van der Waals surface area contributed by atoms with Crippen molar-refractivity contribution in [2.75, 3.05) is 25.0 Å². The summed E-state index contributed by atoms with van der Waals surface area (Å²) in [6, 6.07) is 4.12. The predicted molar refractivity (Wildman–Crippen MR) is 187 cm³/mol. The minimum absolute atomic E-state index is 0.0810. The van der Waals surface area contributed by atoms with Gasteiger partial charge in [-0.3, -0.25) is 33.7 Å². The molecular weight excluding hydrogens is 646 g/mol. The van der Waals surface area contributed by atoms with Gasteiger partial charge in [-0.25, -0.2) is 4.79 Å². The van der Waals surface area contributed by atoms with Crippen molar-refractivity contribution < 1.29 is 38.3 Å². The topological polar surface area (TPSA) is 232 Å². The number of ether oxygens (including phenoxy) is 1. The lowest BCUT2D eigenvalue weighted by Crippen LogP contribution is -2.52. The van der Waals surface area contributed by atoms with Crippen LogP contribution in [0, 0.1) is 5.41 Å². The Balaban J connectivity index is 2.00. The molecule has 276 valence electrons. The number of imide groups is 1. The van der Waals surface area contributed by atoms with Gasteiger partial charge in [-0.2, -0.15) is 0 Å². The molecule has 1 heterocycles. The first-order valence-electron chi connectivity index (χ1n) is 17.2. The van der Waals surface area contributed by atoms with Gasteiger partial charge in [0, 0.05) is 37.3 Å². The summed E-state index contributed by atoms with van der Waals surface area (Å²) in [6.45, 7) is 6.49. The average Bonchev–Trinajstić information content (AvgIpc) is 3.40. The number of esters is 1. The molecule has 0 aliphatic carbocycles. The van der Waals surface area contributed by atoms with Crippen LogP contribution < -0.4 is 32.7 Å². The van der Waals surface area contributed by atoms with Gasteiger partial charge in [-0.05, 0) is 89.5 Å². The van der Waals surface area contributed by atoms with Crippen LogP contribution in [0.15, 0.2) is 36.4 Å². The Kier molecular flexibility index (Phi) is 17.7. The minimum Gasteiger partial charge on any atom is -0.460 e. The standard InChI is InChI=1S/C35H53N7O8/c1-4-35(2,3)33(48)50-23-24-14-16-25(17-15-24)39-31(46)27(12-10-21-38-34(37)49)41-32(47)26(11-7-8-20-36)40-28(43)13-6-5-9-22-42-29(44)18-19-30(42)45/h14-19,26-27H,4-13,20-23,36H2,1-3H3,(H,39,46)(H,40,43)(H,41,47)(H3,37,38,49)/t26-,27-/m0/s1. The second-order valence-corrected chi connectivity index (χ2v) is 12.9. The smallest absolute Gasteiger partial charge is 0.312 e. The Labute approximate surface area is 293 Å². The fourth-order valence-corrected chi connectivity index (χ4v) is 4.87. The molecular formula is C35H53N7O8. The van der Waals surface area contributed by atoms with E-state index in [9.17, 15) is 33.6 Å². The van der Waals surface area contributed by atoms with Crippen LogP contribution in [-0.4, -0.2) is 78.2 Å². The fraction of sp³-hybridized carbons (Fsp3) is 0.571. The molecule has 2 rings (SSSR count). The number of hydrogen-bond donors (Lipinski definition) is 6.